The van der Waals surface area contributed by atoms with Crippen LogP contribution in [0.2, 0.25) is 0 Å². The van der Waals surface area contributed by atoms with Gasteiger partial charge in [-0.15, -0.1) is 0 Å². The number of carbonyl (C=O) groups is 1. The molecule has 2 rings (SSSR count). The second kappa shape index (κ2) is 6.70. The van der Waals surface area contributed by atoms with Gasteiger partial charge < -0.3 is 15.3 Å². The van der Waals surface area contributed by atoms with Gasteiger partial charge in [-0.05, 0) is 44.7 Å². The number of amides is 1. The first-order valence-corrected chi connectivity index (χ1v) is 7.29. The lowest BCUT2D eigenvalue weighted by Gasteiger charge is -2.33. The number of aliphatic hydroxyl groups is 1. The number of hydrogen-bond donors (Lipinski definition) is 2. The molecule has 1 atom stereocenters. The smallest absolute Gasteiger partial charge is 0.272 e. The molecule has 0 aliphatic carbocycles. The molecule has 20 heavy (non-hydrogen) atoms. The van der Waals surface area contributed by atoms with Crippen LogP contribution in [0.1, 0.15) is 37.2 Å². The number of likely N-dealkylation sites (tertiary alicyclic amines) is 1. The predicted octanol–water partition coefficient (Wildman–Crippen LogP) is 1.75. The molecule has 0 aromatic carbocycles. The van der Waals surface area contributed by atoms with Crippen LogP contribution < -0.4 is 5.32 Å². The highest BCUT2D eigenvalue weighted by atomic mass is 16.3. The number of pyridine rings is 1. The fourth-order valence-electron chi connectivity index (χ4n) is 2.58. The van der Waals surface area contributed by atoms with Gasteiger partial charge in [-0.1, -0.05) is 0 Å². The number of rotatable bonds is 4. The van der Waals surface area contributed by atoms with Crippen LogP contribution in [0.25, 0.3) is 0 Å². The van der Waals surface area contributed by atoms with Crippen LogP contribution in [-0.2, 0) is 0 Å². The Morgan fingerprint density at radius 1 is 1.50 bits per heavy atom. The first-order chi connectivity index (χ1) is 9.61. The van der Waals surface area contributed by atoms with E-state index in [9.17, 15) is 9.90 Å². The van der Waals surface area contributed by atoms with E-state index in [0.29, 0.717) is 24.7 Å². The average molecular weight is 277 g/mol. The Labute approximate surface area is 120 Å². The molecule has 1 aliphatic rings. The maximum atomic E-state index is 12.3. The maximum Gasteiger partial charge on any atom is 0.272 e. The van der Waals surface area contributed by atoms with E-state index in [0.717, 1.165) is 25.1 Å². The van der Waals surface area contributed by atoms with Crippen molar-refractivity contribution in [3.63, 3.8) is 0 Å². The van der Waals surface area contributed by atoms with Crippen molar-refractivity contribution in [3.8, 4) is 0 Å². The number of anilines is 1. The summed E-state index contributed by atoms with van der Waals surface area (Å²) in [6.07, 6.45) is 3.13. The molecule has 1 fully saturated rings. The third kappa shape index (κ3) is 3.48. The summed E-state index contributed by atoms with van der Waals surface area (Å²) < 4.78 is 0. The molecule has 0 bridgehead atoms. The van der Waals surface area contributed by atoms with Crippen LogP contribution in [-0.4, -0.2) is 46.6 Å². The number of piperidine rings is 1. The Balaban J connectivity index is 1.94. The van der Waals surface area contributed by atoms with Gasteiger partial charge in [-0.2, -0.15) is 0 Å². The molecule has 0 spiro atoms. The lowest BCUT2D eigenvalue weighted by molar-refractivity contribution is 0.0517. The summed E-state index contributed by atoms with van der Waals surface area (Å²) in [6.45, 7) is 6.08. The topological polar surface area (TPSA) is 65.5 Å². The number of aromatic nitrogens is 1. The van der Waals surface area contributed by atoms with Crippen molar-refractivity contribution in [2.75, 3.05) is 25.0 Å². The SMILES string of the molecule is CCNc1ccc(C(=O)N2CCC(C(C)O)CC2)nc1. The summed E-state index contributed by atoms with van der Waals surface area (Å²) in [5, 5.41) is 12.7. The van der Waals surface area contributed by atoms with Crippen LogP contribution in [0, 0.1) is 5.92 Å². The molecule has 1 saturated heterocycles. The maximum absolute atomic E-state index is 12.3. The van der Waals surface area contributed by atoms with Crippen LogP contribution in [0.4, 0.5) is 5.69 Å². The van der Waals surface area contributed by atoms with Gasteiger partial charge in [-0.25, -0.2) is 4.98 Å². The second-order valence-corrected chi connectivity index (χ2v) is 5.33. The van der Waals surface area contributed by atoms with E-state index in [2.05, 4.69) is 10.3 Å². The van der Waals surface area contributed by atoms with E-state index < -0.39 is 0 Å². The van der Waals surface area contributed by atoms with Crippen molar-refractivity contribution in [2.45, 2.75) is 32.8 Å². The van der Waals surface area contributed by atoms with Crippen molar-refractivity contribution >= 4 is 11.6 Å². The highest BCUT2D eigenvalue weighted by Gasteiger charge is 2.26. The highest BCUT2D eigenvalue weighted by Crippen LogP contribution is 2.21. The molecule has 1 aromatic rings. The van der Waals surface area contributed by atoms with Crippen LogP contribution in [0.15, 0.2) is 18.3 Å². The second-order valence-electron chi connectivity index (χ2n) is 5.33. The minimum absolute atomic E-state index is 0.0166. The minimum atomic E-state index is -0.287. The largest absolute Gasteiger partial charge is 0.393 e. The lowest BCUT2D eigenvalue weighted by atomic mass is 9.92. The van der Waals surface area contributed by atoms with Crippen LogP contribution in [0.3, 0.4) is 0 Å². The molecule has 2 heterocycles. The quantitative estimate of drug-likeness (QED) is 0.880. The van der Waals surface area contributed by atoms with E-state index >= 15 is 0 Å². The lowest BCUT2D eigenvalue weighted by Crippen LogP contribution is -2.41. The molecule has 2 N–H and O–H groups in total. The Bertz CT molecular complexity index is 437. The van der Waals surface area contributed by atoms with Gasteiger partial charge in [0.15, 0.2) is 0 Å². The number of nitrogens with one attached hydrogen (secondary N) is 1. The van der Waals surface area contributed by atoms with Crippen LogP contribution >= 0.6 is 0 Å². The molecule has 1 aliphatic heterocycles. The molecule has 110 valence electrons. The Morgan fingerprint density at radius 2 is 2.20 bits per heavy atom. The highest BCUT2D eigenvalue weighted by molar-refractivity contribution is 5.92. The fourth-order valence-corrected chi connectivity index (χ4v) is 2.58. The third-order valence-corrected chi connectivity index (χ3v) is 3.87. The summed E-state index contributed by atoms with van der Waals surface area (Å²) in [5.74, 6) is 0.292. The van der Waals surface area contributed by atoms with Crippen molar-refractivity contribution in [1.82, 2.24) is 9.88 Å². The number of hydrogen-bond acceptors (Lipinski definition) is 4. The summed E-state index contributed by atoms with van der Waals surface area (Å²) in [4.78, 5) is 18.4. The van der Waals surface area contributed by atoms with Crippen molar-refractivity contribution in [2.24, 2.45) is 5.92 Å². The zero-order valence-electron chi connectivity index (χ0n) is 12.2. The van der Waals surface area contributed by atoms with Gasteiger partial charge in [0.05, 0.1) is 18.0 Å². The predicted molar refractivity (Wildman–Crippen MR) is 78.7 cm³/mol. The number of nitrogens with zero attached hydrogens (tertiary/aromatic N) is 2. The Hall–Kier alpha value is -1.62. The molecule has 1 aromatic heterocycles. The third-order valence-electron chi connectivity index (χ3n) is 3.87. The van der Waals surface area contributed by atoms with Gasteiger partial charge >= 0.3 is 0 Å². The van der Waals surface area contributed by atoms with Crippen LogP contribution in [0.5, 0.6) is 0 Å². The molecular weight excluding hydrogens is 254 g/mol. The zero-order chi connectivity index (χ0) is 14.5. The Kier molecular flexibility index (Phi) is 4.95. The van der Waals surface area contributed by atoms with Gasteiger partial charge in [0.2, 0.25) is 0 Å². The fraction of sp³-hybridized carbons (Fsp3) is 0.600. The van der Waals surface area contributed by atoms with Crippen molar-refractivity contribution < 1.29 is 9.90 Å². The number of aliphatic hydroxyl groups excluding tert-OH is 1. The summed E-state index contributed by atoms with van der Waals surface area (Å²) in [5.41, 5.74) is 1.42. The standard InChI is InChI=1S/C15H23N3O2/c1-3-16-13-4-5-14(17-10-13)15(20)18-8-6-12(7-9-18)11(2)19/h4-5,10-12,16,19H,3,6-9H2,1-2H3. The first-order valence-electron chi connectivity index (χ1n) is 7.29. The summed E-state index contributed by atoms with van der Waals surface area (Å²) in [7, 11) is 0. The first kappa shape index (κ1) is 14.8. The van der Waals surface area contributed by atoms with E-state index in [-0.39, 0.29) is 12.0 Å². The van der Waals surface area contributed by atoms with Gasteiger partial charge in [0.1, 0.15) is 5.69 Å². The van der Waals surface area contributed by atoms with E-state index in [1.165, 1.54) is 0 Å². The summed E-state index contributed by atoms with van der Waals surface area (Å²) in [6, 6.07) is 3.65. The monoisotopic (exact) mass is 277 g/mol. The molecule has 5 nitrogen and oxygen atoms in total. The van der Waals surface area contributed by atoms with E-state index in [1.807, 2.05) is 24.8 Å². The molecule has 0 radical (unpaired) electrons. The number of carbonyl (C=O) groups excluding carboxylic acids is 1. The van der Waals surface area contributed by atoms with Gasteiger partial charge in [0.25, 0.3) is 5.91 Å². The normalized spacial score (nSPS) is 17.9. The van der Waals surface area contributed by atoms with Gasteiger partial charge in [0, 0.05) is 19.6 Å². The van der Waals surface area contributed by atoms with E-state index in [1.54, 1.807) is 12.3 Å². The molecular formula is C15H23N3O2. The zero-order valence-corrected chi connectivity index (χ0v) is 12.2. The minimum Gasteiger partial charge on any atom is -0.393 e. The summed E-state index contributed by atoms with van der Waals surface area (Å²) >= 11 is 0. The van der Waals surface area contributed by atoms with Crippen molar-refractivity contribution in [3.05, 3.63) is 24.0 Å². The molecule has 0 saturated carbocycles. The van der Waals surface area contributed by atoms with Crippen molar-refractivity contribution in [1.29, 1.82) is 0 Å². The molecule has 1 amide bonds. The average Bonchev–Trinajstić information content (AvgIpc) is 2.48. The van der Waals surface area contributed by atoms with E-state index in [4.69, 9.17) is 0 Å². The molecule has 1 unspecified atom stereocenters. The Morgan fingerprint density at radius 3 is 2.70 bits per heavy atom. The molecule has 5 heteroatoms. The van der Waals surface area contributed by atoms with Gasteiger partial charge in [-0.3, -0.25) is 4.79 Å².